The Bertz CT molecular complexity index is 324. The van der Waals surface area contributed by atoms with Crippen LogP contribution < -0.4 is 4.90 Å². The first-order valence-corrected chi connectivity index (χ1v) is 4.80. The van der Waals surface area contributed by atoms with E-state index < -0.39 is 12.4 Å². The largest absolute Gasteiger partial charge is 0.465 e. The van der Waals surface area contributed by atoms with Crippen LogP contribution in [0.25, 0.3) is 0 Å². The quantitative estimate of drug-likeness (QED) is 0.776. The molecule has 88 valence electrons. The lowest BCUT2D eigenvalue weighted by molar-refractivity contribution is -0.0943. The van der Waals surface area contributed by atoms with Gasteiger partial charge in [0, 0.05) is 19.9 Å². The smallest absolute Gasteiger partial charge is 0.411 e. The first-order valence-electron chi connectivity index (χ1n) is 4.80. The van der Waals surface area contributed by atoms with E-state index in [1.807, 2.05) is 6.07 Å². The van der Waals surface area contributed by atoms with Crippen LogP contribution in [-0.2, 0) is 9.47 Å². The number of para-hydroxylation sites is 1. The van der Waals surface area contributed by atoms with E-state index in [9.17, 15) is 4.79 Å². The number of rotatable bonds is 5. The average Bonchev–Trinajstić information content (AvgIpc) is 2.31. The molecule has 0 aliphatic carbocycles. The van der Waals surface area contributed by atoms with Gasteiger partial charge in [0.15, 0.2) is 6.29 Å². The highest BCUT2D eigenvalue weighted by molar-refractivity contribution is 5.85. The van der Waals surface area contributed by atoms with Crippen molar-refractivity contribution in [3.63, 3.8) is 0 Å². The maximum Gasteiger partial charge on any atom is 0.411 e. The van der Waals surface area contributed by atoms with E-state index in [0.717, 1.165) is 0 Å². The molecular formula is C11H15NO4. The molecule has 0 aliphatic heterocycles. The average molecular weight is 225 g/mol. The molecule has 5 heteroatoms. The van der Waals surface area contributed by atoms with E-state index in [1.54, 1.807) is 24.3 Å². The van der Waals surface area contributed by atoms with Gasteiger partial charge in [0.1, 0.15) is 0 Å². The zero-order valence-electron chi connectivity index (χ0n) is 9.29. The Labute approximate surface area is 94.2 Å². The summed E-state index contributed by atoms with van der Waals surface area (Å²) in [6, 6.07) is 8.82. The molecule has 16 heavy (non-hydrogen) atoms. The molecule has 1 amide bonds. The molecule has 1 N–H and O–H groups in total. The summed E-state index contributed by atoms with van der Waals surface area (Å²) in [6.07, 6.45) is -1.61. The monoisotopic (exact) mass is 225 g/mol. The third kappa shape index (κ3) is 3.22. The number of hydrogen-bond donors (Lipinski definition) is 1. The van der Waals surface area contributed by atoms with E-state index in [-0.39, 0.29) is 6.54 Å². The first kappa shape index (κ1) is 12.5. The third-order valence-corrected chi connectivity index (χ3v) is 2.16. The number of hydrogen-bond acceptors (Lipinski definition) is 3. The van der Waals surface area contributed by atoms with Crippen molar-refractivity contribution in [3.8, 4) is 0 Å². The van der Waals surface area contributed by atoms with Crippen molar-refractivity contribution in [1.82, 2.24) is 0 Å². The van der Waals surface area contributed by atoms with Gasteiger partial charge in [-0.2, -0.15) is 0 Å². The molecule has 0 heterocycles. The van der Waals surface area contributed by atoms with Crippen LogP contribution in [0.2, 0.25) is 0 Å². The molecule has 0 fully saturated rings. The van der Waals surface area contributed by atoms with Gasteiger partial charge < -0.3 is 14.6 Å². The first-order chi connectivity index (χ1) is 7.69. The fourth-order valence-corrected chi connectivity index (χ4v) is 1.30. The summed E-state index contributed by atoms with van der Waals surface area (Å²) in [6.45, 7) is 0.131. The SMILES string of the molecule is COC(CN(C(=O)O)c1ccccc1)OC. The van der Waals surface area contributed by atoms with Crippen LogP contribution in [-0.4, -0.2) is 38.3 Å². The van der Waals surface area contributed by atoms with Gasteiger partial charge in [-0.1, -0.05) is 18.2 Å². The molecular weight excluding hydrogens is 210 g/mol. The minimum atomic E-state index is -1.04. The number of amides is 1. The summed E-state index contributed by atoms with van der Waals surface area (Å²) in [5.74, 6) is 0. The maximum atomic E-state index is 11.1. The van der Waals surface area contributed by atoms with Crippen LogP contribution in [0.15, 0.2) is 30.3 Å². The van der Waals surface area contributed by atoms with Crippen molar-refractivity contribution >= 4 is 11.8 Å². The molecule has 0 spiro atoms. The van der Waals surface area contributed by atoms with Gasteiger partial charge in [0.2, 0.25) is 0 Å². The third-order valence-electron chi connectivity index (χ3n) is 2.16. The zero-order valence-corrected chi connectivity index (χ0v) is 9.29. The predicted octanol–water partition coefficient (Wildman–Crippen LogP) is 1.79. The highest BCUT2D eigenvalue weighted by atomic mass is 16.7. The Hall–Kier alpha value is -1.59. The van der Waals surface area contributed by atoms with E-state index in [4.69, 9.17) is 14.6 Å². The standard InChI is InChI=1S/C11H15NO4/c1-15-10(16-2)8-12(11(13)14)9-6-4-3-5-7-9/h3-7,10H,8H2,1-2H3,(H,13,14). The molecule has 0 radical (unpaired) electrons. The Morgan fingerprint density at radius 2 is 1.88 bits per heavy atom. The Morgan fingerprint density at radius 1 is 1.31 bits per heavy atom. The summed E-state index contributed by atoms with van der Waals surface area (Å²) in [5, 5.41) is 9.08. The summed E-state index contributed by atoms with van der Waals surface area (Å²) in [5.41, 5.74) is 0.592. The number of anilines is 1. The highest BCUT2D eigenvalue weighted by Crippen LogP contribution is 2.14. The number of ether oxygens (including phenoxy) is 2. The summed E-state index contributed by atoms with van der Waals surface area (Å²) >= 11 is 0. The highest BCUT2D eigenvalue weighted by Gasteiger charge is 2.19. The fourth-order valence-electron chi connectivity index (χ4n) is 1.30. The molecule has 0 bridgehead atoms. The molecule has 5 nitrogen and oxygen atoms in total. The van der Waals surface area contributed by atoms with Gasteiger partial charge in [-0.3, -0.25) is 4.90 Å². The van der Waals surface area contributed by atoms with Crippen LogP contribution in [0, 0.1) is 0 Å². The lowest BCUT2D eigenvalue weighted by Crippen LogP contribution is -2.38. The van der Waals surface area contributed by atoms with Crippen LogP contribution in [0.5, 0.6) is 0 Å². The summed E-state index contributed by atoms with van der Waals surface area (Å²) in [4.78, 5) is 12.3. The van der Waals surface area contributed by atoms with Gasteiger partial charge in [-0.25, -0.2) is 4.79 Å². The second-order valence-electron chi connectivity index (χ2n) is 3.13. The molecule has 1 aromatic carbocycles. The van der Waals surface area contributed by atoms with Gasteiger partial charge in [0.05, 0.1) is 6.54 Å². The molecule has 1 rings (SSSR count). The van der Waals surface area contributed by atoms with Crippen molar-refractivity contribution in [2.75, 3.05) is 25.7 Å². The van der Waals surface area contributed by atoms with Gasteiger partial charge in [-0.05, 0) is 12.1 Å². The maximum absolute atomic E-state index is 11.1. The van der Waals surface area contributed by atoms with Crippen molar-refractivity contribution in [2.24, 2.45) is 0 Å². The lowest BCUT2D eigenvalue weighted by Gasteiger charge is -2.23. The van der Waals surface area contributed by atoms with Gasteiger partial charge in [-0.15, -0.1) is 0 Å². The number of methoxy groups -OCH3 is 2. The van der Waals surface area contributed by atoms with Gasteiger partial charge in [0.25, 0.3) is 0 Å². The Balaban J connectivity index is 2.80. The second-order valence-corrected chi connectivity index (χ2v) is 3.13. The van der Waals surface area contributed by atoms with Gasteiger partial charge >= 0.3 is 6.09 Å². The van der Waals surface area contributed by atoms with Crippen LogP contribution in [0.4, 0.5) is 10.5 Å². The minimum Gasteiger partial charge on any atom is -0.465 e. The van der Waals surface area contributed by atoms with Crippen LogP contribution >= 0.6 is 0 Å². The Kier molecular flexibility index (Phi) is 4.75. The fraction of sp³-hybridized carbons (Fsp3) is 0.364. The van der Waals surface area contributed by atoms with Crippen molar-refractivity contribution in [3.05, 3.63) is 30.3 Å². The predicted molar refractivity (Wildman–Crippen MR) is 59.6 cm³/mol. The number of nitrogens with zero attached hydrogens (tertiary/aromatic N) is 1. The van der Waals surface area contributed by atoms with E-state index in [0.29, 0.717) is 5.69 Å². The summed E-state index contributed by atoms with van der Waals surface area (Å²) in [7, 11) is 2.94. The number of carbonyl (C=O) groups is 1. The summed E-state index contributed by atoms with van der Waals surface area (Å²) < 4.78 is 9.95. The molecule has 0 saturated heterocycles. The topological polar surface area (TPSA) is 59.0 Å². The van der Waals surface area contributed by atoms with Crippen LogP contribution in [0.3, 0.4) is 0 Å². The molecule has 0 aromatic heterocycles. The number of carboxylic acid groups (broad SMARTS) is 1. The van der Waals surface area contributed by atoms with Crippen molar-refractivity contribution in [2.45, 2.75) is 6.29 Å². The van der Waals surface area contributed by atoms with Crippen LogP contribution in [0.1, 0.15) is 0 Å². The second kappa shape index (κ2) is 6.09. The van der Waals surface area contributed by atoms with E-state index in [1.165, 1.54) is 19.1 Å². The molecule has 0 unspecified atom stereocenters. The normalized spacial score (nSPS) is 10.4. The molecule has 0 aliphatic rings. The van der Waals surface area contributed by atoms with E-state index in [2.05, 4.69) is 0 Å². The van der Waals surface area contributed by atoms with Crippen molar-refractivity contribution in [1.29, 1.82) is 0 Å². The Morgan fingerprint density at radius 3 is 2.31 bits per heavy atom. The minimum absolute atomic E-state index is 0.131. The molecule has 1 aromatic rings. The molecule has 0 atom stereocenters. The zero-order chi connectivity index (χ0) is 12.0. The lowest BCUT2D eigenvalue weighted by atomic mass is 10.3. The van der Waals surface area contributed by atoms with E-state index >= 15 is 0 Å². The molecule has 0 saturated carbocycles. The van der Waals surface area contributed by atoms with Crippen molar-refractivity contribution < 1.29 is 19.4 Å². The number of benzene rings is 1.